The summed E-state index contributed by atoms with van der Waals surface area (Å²) in [4.78, 5) is 11.1. The van der Waals surface area contributed by atoms with Crippen LogP contribution in [0.3, 0.4) is 0 Å². The van der Waals surface area contributed by atoms with Gasteiger partial charge in [0.05, 0.1) is 4.88 Å². The van der Waals surface area contributed by atoms with E-state index in [1.807, 2.05) is 17.7 Å². The molecule has 0 aliphatic carbocycles. The van der Waals surface area contributed by atoms with Gasteiger partial charge in [0.2, 0.25) is 6.29 Å². The minimum atomic E-state index is 0.776. The Labute approximate surface area is 71.1 Å². The van der Waals surface area contributed by atoms with Gasteiger partial charge in [0.15, 0.2) is 0 Å². The minimum absolute atomic E-state index is 0.776. The summed E-state index contributed by atoms with van der Waals surface area (Å²) >= 11 is 1.48. The second kappa shape index (κ2) is 4.29. The molecule has 2 heteroatoms. The lowest BCUT2D eigenvalue weighted by Gasteiger charge is -1.94. The molecule has 0 unspecified atom stereocenters. The molecule has 1 aromatic heterocycles. The van der Waals surface area contributed by atoms with Gasteiger partial charge in [-0.25, -0.2) is 0 Å². The topological polar surface area (TPSA) is 17.1 Å². The van der Waals surface area contributed by atoms with Crippen molar-refractivity contribution in [1.29, 1.82) is 0 Å². The summed E-state index contributed by atoms with van der Waals surface area (Å²) in [6.07, 6.45) is 5.30. The van der Waals surface area contributed by atoms with Crippen LogP contribution in [0, 0.1) is 0 Å². The van der Waals surface area contributed by atoms with E-state index in [4.69, 9.17) is 0 Å². The summed E-state index contributed by atoms with van der Waals surface area (Å²) < 4.78 is 0. The van der Waals surface area contributed by atoms with E-state index in [9.17, 15) is 4.79 Å². The molecule has 0 aliphatic rings. The van der Waals surface area contributed by atoms with Crippen LogP contribution < -0.4 is 0 Å². The second-order valence-electron chi connectivity index (χ2n) is 2.48. The first-order chi connectivity index (χ1) is 5.38. The molecule has 0 aliphatic heterocycles. The Bertz CT molecular complexity index is 227. The van der Waals surface area contributed by atoms with Gasteiger partial charge in [0.25, 0.3) is 0 Å². The van der Waals surface area contributed by atoms with Crippen LogP contribution in [-0.2, 0) is 11.2 Å². The second-order valence-corrected chi connectivity index (χ2v) is 3.40. The number of unbranched alkanes of at least 4 members (excludes halogenated alkanes) is 1. The number of rotatable bonds is 4. The molecule has 0 saturated heterocycles. The highest BCUT2D eigenvalue weighted by atomic mass is 32.1. The van der Waals surface area contributed by atoms with Gasteiger partial charge >= 0.3 is 0 Å². The van der Waals surface area contributed by atoms with E-state index in [1.54, 1.807) is 0 Å². The highest BCUT2D eigenvalue weighted by Crippen LogP contribution is 2.16. The predicted octanol–water partition coefficient (Wildman–Crippen LogP) is 2.55. The standard InChI is InChI=1S/C9H11OS/c1-2-3-4-8-5-6-11-9(8)7-10/h5-6H,2-4H2,1H3. The molecule has 0 aromatic carbocycles. The van der Waals surface area contributed by atoms with Crippen LogP contribution in [0.1, 0.15) is 30.2 Å². The van der Waals surface area contributed by atoms with Crippen molar-refractivity contribution in [2.75, 3.05) is 0 Å². The number of hydrogen-bond donors (Lipinski definition) is 0. The van der Waals surface area contributed by atoms with Crippen LogP contribution in [0.5, 0.6) is 0 Å². The highest BCUT2D eigenvalue weighted by molar-refractivity contribution is 7.11. The third-order valence-electron chi connectivity index (χ3n) is 1.64. The Kier molecular flexibility index (Phi) is 3.30. The van der Waals surface area contributed by atoms with E-state index in [-0.39, 0.29) is 0 Å². The number of hydrogen-bond acceptors (Lipinski definition) is 2. The van der Waals surface area contributed by atoms with Crippen molar-refractivity contribution in [2.45, 2.75) is 26.2 Å². The van der Waals surface area contributed by atoms with Gasteiger partial charge in [-0.1, -0.05) is 13.3 Å². The molecule has 0 bridgehead atoms. The average Bonchev–Trinajstić information content (AvgIpc) is 2.47. The van der Waals surface area contributed by atoms with Crippen molar-refractivity contribution in [3.8, 4) is 0 Å². The molecular formula is C9H11OS. The molecule has 1 aromatic rings. The molecule has 1 nitrogen and oxygen atoms in total. The summed E-state index contributed by atoms with van der Waals surface area (Å²) in [6.45, 7) is 2.15. The first-order valence-corrected chi connectivity index (χ1v) is 4.71. The maximum Gasteiger partial charge on any atom is 0.244 e. The van der Waals surface area contributed by atoms with Crippen molar-refractivity contribution in [3.05, 3.63) is 21.9 Å². The molecule has 0 fully saturated rings. The van der Waals surface area contributed by atoms with Gasteiger partial charge in [-0.05, 0) is 29.9 Å². The fourth-order valence-electron chi connectivity index (χ4n) is 0.989. The van der Waals surface area contributed by atoms with E-state index in [1.165, 1.54) is 17.8 Å². The van der Waals surface area contributed by atoms with Gasteiger partial charge in [0, 0.05) is 0 Å². The van der Waals surface area contributed by atoms with Crippen LogP contribution >= 0.6 is 11.3 Å². The molecular weight excluding hydrogens is 156 g/mol. The van der Waals surface area contributed by atoms with Crippen LogP contribution in [0.25, 0.3) is 0 Å². The lowest BCUT2D eigenvalue weighted by atomic mass is 10.1. The van der Waals surface area contributed by atoms with E-state index >= 15 is 0 Å². The maximum atomic E-state index is 10.3. The summed E-state index contributed by atoms with van der Waals surface area (Å²) in [5.41, 5.74) is 1.16. The van der Waals surface area contributed by atoms with Crippen molar-refractivity contribution < 1.29 is 4.79 Å². The van der Waals surface area contributed by atoms with Crippen molar-refractivity contribution in [1.82, 2.24) is 0 Å². The van der Waals surface area contributed by atoms with E-state index in [0.29, 0.717) is 0 Å². The highest BCUT2D eigenvalue weighted by Gasteiger charge is 2.01. The smallest absolute Gasteiger partial charge is 0.244 e. The van der Waals surface area contributed by atoms with Gasteiger partial charge in [-0.15, -0.1) is 11.3 Å². The van der Waals surface area contributed by atoms with Crippen LogP contribution in [0.15, 0.2) is 11.4 Å². The lowest BCUT2D eigenvalue weighted by molar-refractivity contribution is 0.563. The van der Waals surface area contributed by atoms with Crippen molar-refractivity contribution in [2.24, 2.45) is 0 Å². The Hall–Kier alpha value is -0.630. The van der Waals surface area contributed by atoms with Crippen molar-refractivity contribution in [3.63, 3.8) is 0 Å². The summed E-state index contributed by atoms with van der Waals surface area (Å²) in [6, 6.07) is 2.01. The third-order valence-corrected chi connectivity index (χ3v) is 2.49. The Morgan fingerprint density at radius 1 is 1.64 bits per heavy atom. The summed E-state index contributed by atoms with van der Waals surface area (Å²) in [5, 5.41) is 1.95. The van der Waals surface area contributed by atoms with Gasteiger partial charge < -0.3 is 0 Å². The number of thiophene rings is 1. The van der Waals surface area contributed by atoms with Gasteiger partial charge in [-0.3, -0.25) is 4.79 Å². The molecule has 0 atom stereocenters. The zero-order valence-corrected chi connectivity index (χ0v) is 7.41. The zero-order chi connectivity index (χ0) is 8.10. The Morgan fingerprint density at radius 3 is 3.09 bits per heavy atom. The fourth-order valence-corrected chi connectivity index (χ4v) is 1.73. The fraction of sp³-hybridized carbons (Fsp3) is 0.444. The first-order valence-electron chi connectivity index (χ1n) is 3.83. The molecule has 1 radical (unpaired) electrons. The monoisotopic (exact) mass is 167 g/mol. The van der Waals surface area contributed by atoms with Crippen LogP contribution in [0.4, 0.5) is 0 Å². The molecule has 0 saturated carbocycles. The van der Waals surface area contributed by atoms with E-state index in [2.05, 4.69) is 6.92 Å². The molecule has 0 amide bonds. The SMILES string of the molecule is CCCCc1ccsc1[C]=O. The Morgan fingerprint density at radius 2 is 2.45 bits per heavy atom. The number of carbonyl (C=O) groups excluding carboxylic acids is 1. The van der Waals surface area contributed by atoms with Gasteiger partial charge in [0.1, 0.15) is 0 Å². The maximum absolute atomic E-state index is 10.3. The zero-order valence-electron chi connectivity index (χ0n) is 6.59. The lowest BCUT2D eigenvalue weighted by Crippen LogP contribution is -1.85. The molecule has 1 rings (SSSR count). The van der Waals surface area contributed by atoms with Crippen LogP contribution in [-0.4, -0.2) is 6.29 Å². The minimum Gasteiger partial charge on any atom is -0.284 e. The largest absolute Gasteiger partial charge is 0.284 e. The van der Waals surface area contributed by atoms with Crippen molar-refractivity contribution >= 4 is 17.6 Å². The van der Waals surface area contributed by atoms with E-state index in [0.717, 1.165) is 23.3 Å². The molecule has 11 heavy (non-hydrogen) atoms. The molecule has 0 spiro atoms. The third kappa shape index (κ3) is 2.15. The summed E-state index contributed by atoms with van der Waals surface area (Å²) in [5.74, 6) is 0. The summed E-state index contributed by atoms with van der Waals surface area (Å²) in [7, 11) is 0. The molecule has 0 N–H and O–H groups in total. The first kappa shape index (κ1) is 8.47. The normalized spacial score (nSPS) is 9.91. The number of aryl methyl sites for hydroxylation is 1. The van der Waals surface area contributed by atoms with Gasteiger partial charge in [-0.2, -0.15) is 0 Å². The quantitative estimate of drug-likeness (QED) is 0.673. The van der Waals surface area contributed by atoms with Crippen LogP contribution in [0.2, 0.25) is 0 Å². The molecule has 1 heterocycles. The van der Waals surface area contributed by atoms with E-state index < -0.39 is 0 Å². The predicted molar refractivity (Wildman–Crippen MR) is 47.7 cm³/mol. The Balaban J connectivity index is 2.61. The molecule has 59 valence electrons. The average molecular weight is 167 g/mol.